The summed E-state index contributed by atoms with van der Waals surface area (Å²) in [6.07, 6.45) is 23.0. The number of aromatic nitrogens is 9. The minimum absolute atomic E-state index is 0.326. The molecule has 10 aromatic rings. The second kappa shape index (κ2) is 24.6. The van der Waals surface area contributed by atoms with Gasteiger partial charge in [0.25, 0.3) is 0 Å². The third-order valence-corrected chi connectivity index (χ3v) is 17.0. The van der Waals surface area contributed by atoms with Gasteiger partial charge in [0.1, 0.15) is 28.6 Å². The van der Waals surface area contributed by atoms with Crippen LogP contribution in [0.1, 0.15) is 113 Å². The van der Waals surface area contributed by atoms with E-state index in [-0.39, 0.29) is 18.3 Å². The Labute approximate surface area is 508 Å². The van der Waals surface area contributed by atoms with Crippen molar-refractivity contribution in [1.82, 2.24) is 45.1 Å². The van der Waals surface area contributed by atoms with Crippen molar-refractivity contribution in [3.63, 3.8) is 0 Å². The molecule has 4 aliphatic rings. The summed E-state index contributed by atoms with van der Waals surface area (Å²) in [4.78, 5) is 17.8. The SMILES string of the molecule is Brc1cnc2c(c1)CC=C2.Cc1noc(C)c1-c1cnc2c(Br)cn(Cc3ccccc3)c2c1.Cc1noc(C)c1-c1cnc2c(c1)CC=C2.Cc1noc(C)c1-c1cnc2c(c1)CC=C2Br.Cc1noc(C)c1B1OC(C)(C)C(C)(C)O1. The van der Waals surface area contributed by atoms with Crippen LogP contribution in [-0.2, 0) is 35.1 Å². The molecule has 0 radical (unpaired) electrons. The first-order chi connectivity index (χ1) is 39.7. The Balaban J connectivity index is 0.000000119. The van der Waals surface area contributed by atoms with Crippen molar-refractivity contribution in [2.45, 2.75) is 120 Å². The third-order valence-electron chi connectivity index (χ3n) is 15.3. The number of pyridine rings is 4. The average Bonchev–Trinajstić information content (AvgIpc) is 4.46. The molecule has 0 atom stereocenters. The Morgan fingerprint density at radius 2 is 1.04 bits per heavy atom. The summed E-state index contributed by atoms with van der Waals surface area (Å²) in [5.74, 6) is 3.27. The molecule has 0 N–H and O–H groups in total. The highest BCUT2D eigenvalue weighted by Gasteiger charge is 2.53. The summed E-state index contributed by atoms with van der Waals surface area (Å²) in [6.45, 7) is 24.4. The zero-order valence-electron chi connectivity index (χ0n) is 48.5. The molecule has 3 aliphatic carbocycles. The van der Waals surface area contributed by atoms with Crippen molar-refractivity contribution >= 4 is 88.0 Å². The lowest BCUT2D eigenvalue weighted by molar-refractivity contribution is 0.00578. The molecule has 1 fully saturated rings. The van der Waals surface area contributed by atoms with Crippen molar-refractivity contribution in [1.29, 1.82) is 0 Å². The summed E-state index contributed by atoms with van der Waals surface area (Å²) < 4.78 is 38.1. The van der Waals surface area contributed by atoms with Gasteiger partial charge < -0.3 is 32.0 Å². The van der Waals surface area contributed by atoms with Crippen LogP contribution < -0.4 is 5.46 Å². The normalized spacial score (nSPS) is 14.6. The lowest BCUT2D eigenvalue weighted by atomic mass is 9.77. The van der Waals surface area contributed by atoms with E-state index >= 15 is 0 Å². The molecular weight excluding hydrogens is 1240 g/mol. The number of hydrogen-bond donors (Lipinski definition) is 0. The Bertz CT molecular complexity index is 4020. The number of benzene rings is 1. The number of halogens is 3. The Hall–Kier alpha value is -7.16. The molecule has 10 heterocycles. The van der Waals surface area contributed by atoms with E-state index in [9.17, 15) is 0 Å². The molecule has 15 nitrogen and oxygen atoms in total. The molecule has 1 saturated heterocycles. The monoisotopic (exact) mass is 1300 g/mol. The summed E-state index contributed by atoms with van der Waals surface area (Å²) in [7, 11) is -0.378. The molecule has 1 aromatic carbocycles. The molecule has 0 saturated carbocycles. The maximum Gasteiger partial charge on any atom is 0.500 e. The van der Waals surface area contributed by atoms with Crippen LogP contribution in [-0.4, -0.2) is 63.5 Å². The smallest absolute Gasteiger partial charge is 0.399 e. The van der Waals surface area contributed by atoms with Crippen LogP contribution in [0.15, 0.2) is 131 Å². The number of allylic oxidation sites excluding steroid dienone is 3. The second-order valence-electron chi connectivity index (χ2n) is 21.8. The van der Waals surface area contributed by atoms with Crippen LogP contribution in [0.25, 0.3) is 61.0 Å². The molecular formula is C64H63BBr3N9O6. The first kappa shape index (κ1) is 59.0. The number of fused-ring (bicyclic) bond motifs is 4. The van der Waals surface area contributed by atoms with Crippen LogP contribution in [0.3, 0.4) is 0 Å². The predicted octanol–water partition coefficient (Wildman–Crippen LogP) is 15.7. The number of hydrogen-bond acceptors (Lipinski definition) is 14. The molecule has 19 heteroatoms. The summed E-state index contributed by atoms with van der Waals surface area (Å²) in [5.41, 5.74) is 20.5. The van der Waals surface area contributed by atoms with Crippen molar-refractivity contribution in [3.05, 3.63) is 198 Å². The molecule has 0 unspecified atom stereocenters. The fraction of sp³-hybridized carbons (Fsp3) is 0.281. The molecule has 9 aromatic heterocycles. The maximum atomic E-state index is 5.95. The zero-order chi connectivity index (χ0) is 58.9. The Morgan fingerprint density at radius 3 is 1.58 bits per heavy atom. The third kappa shape index (κ3) is 12.7. The molecule has 0 spiro atoms. The van der Waals surface area contributed by atoms with Gasteiger partial charge in [-0.3, -0.25) is 19.9 Å². The lowest BCUT2D eigenvalue weighted by Crippen LogP contribution is -2.41. The van der Waals surface area contributed by atoms with Crippen LogP contribution in [0, 0.1) is 55.4 Å². The van der Waals surface area contributed by atoms with E-state index in [1.165, 1.54) is 22.3 Å². The Morgan fingerprint density at radius 1 is 0.542 bits per heavy atom. The van der Waals surface area contributed by atoms with E-state index in [0.29, 0.717) is 0 Å². The van der Waals surface area contributed by atoms with Gasteiger partial charge in [0, 0.05) is 85.3 Å². The number of aryl methyl sites for hydroxylation is 8. The van der Waals surface area contributed by atoms with Gasteiger partial charge in [-0.1, -0.05) is 69.2 Å². The summed E-state index contributed by atoms with van der Waals surface area (Å²) in [6, 6.07) is 19.0. The van der Waals surface area contributed by atoms with Gasteiger partial charge in [-0.2, -0.15) is 0 Å². The Kier molecular flexibility index (Phi) is 17.5. The fourth-order valence-corrected chi connectivity index (χ4v) is 11.8. The molecule has 0 amide bonds. The van der Waals surface area contributed by atoms with Gasteiger partial charge in [-0.25, -0.2) is 0 Å². The highest BCUT2D eigenvalue weighted by Crippen LogP contribution is 2.38. The zero-order valence-corrected chi connectivity index (χ0v) is 53.2. The van der Waals surface area contributed by atoms with Crippen molar-refractivity contribution in [2.75, 3.05) is 0 Å². The lowest BCUT2D eigenvalue weighted by Gasteiger charge is -2.32. The fourth-order valence-electron chi connectivity index (χ4n) is 10.3. The van der Waals surface area contributed by atoms with E-state index in [0.717, 1.165) is 152 Å². The van der Waals surface area contributed by atoms with Crippen molar-refractivity contribution in [3.8, 4) is 33.4 Å². The van der Waals surface area contributed by atoms with Crippen LogP contribution >= 0.6 is 47.8 Å². The van der Waals surface area contributed by atoms with Gasteiger partial charge in [0.05, 0.1) is 61.0 Å². The van der Waals surface area contributed by atoms with Crippen LogP contribution in [0.4, 0.5) is 0 Å². The first-order valence-corrected chi connectivity index (χ1v) is 29.6. The van der Waals surface area contributed by atoms with Gasteiger partial charge in [-0.05, 0) is 209 Å². The number of nitrogens with zero attached hydrogens (tertiary/aromatic N) is 9. The van der Waals surface area contributed by atoms with Crippen LogP contribution in [0.5, 0.6) is 0 Å². The standard InChI is InChI=1S/C19H16BrN3O.C13H11BrN2O.C13H12N2O.C11H18BNO3.C8H6BrN/c1-12-18(13(2)24-22-12)15-8-17-19(21-9-15)16(20)11-23(17)10-14-6-4-3-5-7-14;1-7-12(8(2)17-16-7)10-5-9-3-4-11(14)13(9)15-6-10;1-8-13(9(2)16-15-8)11-6-10-4-3-5-12(10)14-7-11;1-7-9(8(2)14-13-7)12-15-10(3,4)11(5,6)16-12;9-7-4-6-2-1-3-8(6)10-5-7/h3-9,11H,10H2,1-2H3;4-6H,3H2,1-2H3;3,5-7H,4H2,1-2H3;1-6H3;1,3-5H,2H2. The van der Waals surface area contributed by atoms with E-state index < -0.39 is 0 Å². The maximum absolute atomic E-state index is 5.95. The summed E-state index contributed by atoms with van der Waals surface area (Å²) >= 11 is 10.5. The highest BCUT2D eigenvalue weighted by molar-refractivity contribution is 9.15. The van der Waals surface area contributed by atoms with Gasteiger partial charge >= 0.3 is 7.12 Å². The molecule has 424 valence electrons. The first-order valence-electron chi connectivity index (χ1n) is 27.2. The van der Waals surface area contributed by atoms with Crippen molar-refractivity contribution < 1.29 is 27.4 Å². The van der Waals surface area contributed by atoms with E-state index in [1.54, 1.807) is 0 Å². The second-order valence-corrected chi connectivity index (χ2v) is 24.4. The summed E-state index contributed by atoms with van der Waals surface area (Å²) in [5, 5.41) is 15.9. The highest BCUT2D eigenvalue weighted by atomic mass is 79.9. The molecule has 0 bridgehead atoms. The van der Waals surface area contributed by atoms with E-state index in [1.807, 2.05) is 114 Å². The van der Waals surface area contributed by atoms with Gasteiger partial charge in [-0.15, -0.1) is 0 Å². The van der Waals surface area contributed by atoms with Gasteiger partial charge in [0.15, 0.2) is 0 Å². The molecule has 1 aliphatic heterocycles. The quantitative estimate of drug-likeness (QED) is 0.144. The van der Waals surface area contributed by atoms with Crippen molar-refractivity contribution in [2.24, 2.45) is 0 Å². The molecule has 14 rings (SSSR count). The minimum atomic E-state index is -0.378. The predicted molar refractivity (Wildman–Crippen MR) is 336 cm³/mol. The molecule has 83 heavy (non-hydrogen) atoms. The van der Waals surface area contributed by atoms with Gasteiger partial charge in [0.2, 0.25) is 0 Å². The topological polar surface area (TPSA) is 179 Å². The van der Waals surface area contributed by atoms with E-state index in [2.05, 4.69) is 178 Å². The number of rotatable bonds is 6. The average molecular weight is 1300 g/mol. The largest absolute Gasteiger partial charge is 0.500 e. The van der Waals surface area contributed by atoms with Crippen LogP contribution in [0.2, 0.25) is 0 Å². The minimum Gasteiger partial charge on any atom is -0.399 e. The van der Waals surface area contributed by atoms with E-state index in [4.69, 9.17) is 27.4 Å².